The van der Waals surface area contributed by atoms with Crippen molar-refractivity contribution in [2.75, 3.05) is 0 Å². The van der Waals surface area contributed by atoms with E-state index >= 15 is 0 Å². The Morgan fingerprint density at radius 2 is 0.875 bits per heavy atom. The molecule has 0 atom stereocenters. The van der Waals surface area contributed by atoms with Gasteiger partial charge >= 0.3 is 0 Å². The second-order valence-electron chi connectivity index (χ2n) is 13.9. The van der Waals surface area contributed by atoms with Crippen molar-refractivity contribution in [3.63, 3.8) is 0 Å². The molecule has 0 saturated heterocycles. The van der Waals surface area contributed by atoms with Crippen molar-refractivity contribution in [2.45, 2.75) is 0 Å². The summed E-state index contributed by atoms with van der Waals surface area (Å²) in [5, 5.41) is 4.63. The Morgan fingerprint density at radius 3 is 1.57 bits per heavy atom. The summed E-state index contributed by atoms with van der Waals surface area (Å²) in [5.74, 6) is 1.74. The van der Waals surface area contributed by atoms with Gasteiger partial charge in [0.05, 0.1) is 5.56 Å². The van der Waals surface area contributed by atoms with Crippen LogP contribution in [-0.2, 0) is 0 Å². The number of thiophene rings is 1. The molecule has 0 saturated carbocycles. The van der Waals surface area contributed by atoms with E-state index in [1.54, 1.807) is 0 Å². The van der Waals surface area contributed by atoms with Crippen LogP contribution in [0.3, 0.4) is 0 Å². The normalized spacial score (nSPS) is 11.6. The fourth-order valence-electron chi connectivity index (χ4n) is 7.88. The Balaban J connectivity index is 1.15. The second kappa shape index (κ2) is 13.3. The van der Waals surface area contributed by atoms with Crippen LogP contribution in [0.1, 0.15) is 0 Å². The lowest BCUT2D eigenvalue weighted by Gasteiger charge is -2.12. The molecule has 0 bridgehead atoms. The molecular weight excluding hydrogens is 703 g/mol. The number of hydrogen-bond donors (Lipinski definition) is 0. The molecule has 56 heavy (non-hydrogen) atoms. The lowest BCUT2D eigenvalue weighted by atomic mass is 9.95. The minimum absolute atomic E-state index is 0.552. The van der Waals surface area contributed by atoms with E-state index in [0.29, 0.717) is 17.5 Å². The van der Waals surface area contributed by atoms with Crippen LogP contribution in [0.25, 0.3) is 110 Å². The first-order chi connectivity index (χ1) is 27.7. The highest BCUT2D eigenvalue weighted by Gasteiger charge is 2.22. The minimum atomic E-state index is 0.552. The molecule has 0 aliphatic carbocycles. The van der Waals surface area contributed by atoms with Gasteiger partial charge in [0.1, 0.15) is 11.2 Å². The first-order valence-electron chi connectivity index (χ1n) is 18.7. The van der Waals surface area contributed by atoms with Crippen LogP contribution in [0.4, 0.5) is 0 Å². The van der Waals surface area contributed by atoms with Crippen molar-refractivity contribution in [3.05, 3.63) is 188 Å². The quantitative estimate of drug-likeness (QED) is 0.171. The van der Waals surface area contributed by atoms with Crippen molar-refractivity contribution in [2.24, 2.45) is 0 Å². The van der Waals surface area contributed by atoms with Gasteiger partial charge in [-0.25, -0.2) is 15.0 Å². The Hall–Kier alpha value is -7.21. The highest BCUT2D eigenvalue weighted by atomic mass is 32.1. The first-order valence-corrected chi connectivity index (χ1v) is 19.5. The van der Waals surface area contributed by atoms with E-state index in [1.165, 1.54) is 25.7 Å². The maximum Gasteiger partial charge on any atom is 0.167 e. The minimum Gasteiger partial charge on any atom is -0.455 e. The van der Waals surface area contributed by atoms with Crippen molar-refractivity contribution >= 4 is 53.4 Å². The van der Waals surface area contributed by atoms with Crippen molar-refractivity contribution in [1.29, 1.82) is 0 Å². The molecule has 3 heterocycles. The van der Waals surface area contributed by atoms with E-state index in [0.717, 1.165) is 66.4 Å². The molecule has 8 aromatic carbocycles. The summed E-state index contributed by atoms with van der Waals surface area (Å²) in [6.07, 6.45) is 0. The van der Waals surface area contributed by atoms with Crippen LogP contribution < -0.4 is 0 Å². The largest absolute Gasteiger partial charge is 0.455 e. The van der Waals surface area contributed by atoms with Crippen LogP contribution in [0.2, 0.25) is 0 Å². The van der Waals surface area contributed by atoms with Gasteiger partial charge in [-0.3, -0.25) is 0 Å². The molecule has 0 fully saturated rings. The van der Waals surface area contributed by atoms with Crippen LogP contribution in [0, 0.1) is 0 Å². The molecule has 0 amide bonds. The summed E-state index contributed by atoms with van der Waals surface area (Å²) < 4.78 is 9.35. The van der Waals surface area contributed by atoms with Gasteiger partial charge in [-0.15, -0.1) is 11.3 Å². The number of rotatable bonds is 6. The lowest BCUT2D eigenvalue weighted by molar-refractivity contribution is 0.669. The summed E-state index contributed by atoms with van der Waals surface area (Å²) in [6, 6.07) is 65.5. The smallest absolute Gasteiger partial charge is 0.167 e. The first kappa shape index (κ1) is 32.2. The average molecular weight is 734 g/mol. The molecule has 11 rings (SSSR count). The number of fused-ring (bicyclic) bond motifs is 6. The highest BCUT2D eigenvalue weighted by Crippen LogP contribution is 2.46. The SMILES string of the molecule is c1ccc(-c2cccc(-c3nc(-c4cccc(-c5ccccc5)c4)nc(-c4ccc(-c5cccc6c5sc5ccccc56)c5c4oc4ccccc45)n3)c2)cc1. The van der Waals surface area contributed by atoms with Crippen molar-refractivity contribution in [3.8, 4) is 67.5 Å². The van der Waals surface area contributed by atoms with E-state index in [2.05, 4.69) is 164 Å². The summed E-state index contributed by atoms with van der Waals surface area (Å²) in [4.78, 5) is 15.6. The number of para-hydroxylation sites is 1. The van der Waals surface area contributed by atoms with Gasteiger partial charge in [-0.2, -0.15) is 0 Å². The molecule has 0 aliphatic rings. The molecule has 0 spiro atoms. The molecule has 262 valence electrons. The van der Waals surface area contributed by atoms with Gasteiger partial charge in [0, 0.05) is 47.6 Å². The summed E-state index contributed by atoms with van der Waals surface area (Å²) >= 11 is 1.83. The third-order valence-electron chi connectivity index (χ3n) is 10.6. The Kier molecular flexibility index (Phi) is 7.64. The third-order valence-corrected chi connectivity index (χ3v) is 11.8. The van der Waals surface area contributed by atoms with Gasteiger partial charge < -0.3 is 4.42 Å². The van der Waals surface area contributed by atoms with Crippen LogP contribution in [0.5, 0.6) is 0 Å². The van der Waals surface area contributed by atoms with Gasteiger partial charge in [0.25, 0.3) is 0 Å². The van der Waals surface area contributed by atoms with Gasteiger partial charge in [-0.05, 0) is 58.1 Å². The fraction of sp³-hybridized carbons (Fsp3) is 0. The maximum absolute atomic E-state index is 6.82. The molecule has 5 heteroatoms. The number of aromatic nitrogens is 3. The molecule has 0 aliphatic heterocycles. The zero-order valence-corrected chi connectivity index (χ0v) is 30.9. The van der Waals surface area contributed by atoms with Crippen molar-refractivity contribution < 1.29 is 4.42 Å². The average Bonchev–Trinajstić information content (AvgIpc) is 3.86. The Bertz CT molecular complexity index is 3160. The van der Waals surface area contributed by atoms with E-state index < -0.39 is 0 Å². The molecule has 0 radical (unpaired) electrons. The topological polar surface area (TPSA) is 51.8 Å². The van der Waals surface area contributed by atoms with Crippen LogP contribution in [-0.4, -0.2) is 15.0 Å². The zero-order valence-electron chi connectivity index (χ0n) is 30.1. The number of nitrogens with zero attached hydrogens (tertiary/aromatic N) is 3. The van der Waals surface area contributed by atoms with E-state index in [-0.39, 0.29) is 0 Å². The molecule has 3 aromatic heterocycles. The summed E-state index contributed by atoms with van der Waals surface area (Å²) in [6.45, 7) is 0. The maximum atomic E-state index is 6.82. The molecular formula is C51H31N3OS. The van der Waals surface area contributed by atoms with E-state index in [1.807, 2.05) is 35.6 Å². The van der Waals surface area contributed by atoms with Crippen LogP contribution in [0.15, 0.2) is 192 Å². The predicted molar refractivity (Wildman–Crippen MR) is 233 cm³/mol. The standard InChI is InChI=1S/C51H31N3OS/c1-3-14-32(15-4-1)34-18-11-20-36(30-34)49-52-50(37-21-12-19-35(31-37)33-16-5-2-6-17-33)54-51(53-49)43-29-28-39(46-42-23-7-9-26-44(42)55-47(43)46)41-25-13-24-40-38-22-8-10-27-45(38)56-48(40)41/h1-31H. The second-order valence-corrected chi connectivity index (χ2v) is 15.0. The lowest BCUT2D eigenvalue weighted by Crippen LogP contribution is -2.01. The Morgan fingerprint density at radius 1 is 0.357 bits per heavy atom. The summed E-state index contributed by atoms with van der Waals surface area (Å²) in [7, 11) is 0. The molecule has 4 nitrogen and oxygen atoms in total. The van der Waals surface area contributed by atoms with Gasteiger partial charge in [-0.1, -0.05) is 158 Å². The molecule has 0 unspecified atom stereocenters. The monoisotopic (exact) mass is 733 g/mol. The van der Waals surface area contributed by atoms with Gasteiger partial charge in [0.15, 0.2) is 17.5 Å². The number of benzene rings is 8. The van der Waals surface area contributed by atoms with Crippen LogP contribution >= 0.6 is 11.3 Å². The predicted octanol–water partition coefficient (Wildman–Crippen LogP) is 14.1. The highest BCUT2D eigenvalue weighted by molar-refractivity contribution is 7.26. The molecule has 0 N–H and O–H groups in total. The Labute approximate surface area is 327 Å². The number of hydrogen-bond acceptors (Lipinski definition) is 5. The zero-order chi connectivity index (χ0) is 37.0. The number of furan rings is 1. The van der Waals surface area contributed by atoms with E-state index in [9.17, 15) is 0 Å². The summed E-state index contributed by atoms with van der Waals surface area (Å²) in [5.41, 5.74) is 10.9. The fourth-order valence-corrected chi connectivity index (χ4v) is 9.11. The molecule has 11 aromatic rings. The van der Waals surface area contributed by atoms with Gasteiger partial charge in [0.2, 0.25) is 0 Å². The van der Waals surface area contributed by atoms with E-state index in [4.69, 9.17) is 19.4 Å². The van der Waals surface area contributed by atoms with Crippen molar-refractivity contribution in [1.82, 2.24) is 15.0 Å². The third kappa shape index (κ3) is 5.48.